The first-order chi connectivity index (χ1) is 7.26. The summed E-state index contributed by atoms with van der Waals surface area (Å²) < 4.78 is 5.14. The normalized spacial score (nSPS) is 12.7. The van der Waals surface area contributed by atoms with Gasteiger partial charge in [-0.1, -0.05) is 29.8 Å². The van der Waals surface area contributed by atoms with E-state index in [-0.39, 0.29) is 0 Å². The number of hydrogen-bond donors (Lipinski definition) is 1. The number of rotatable bonds is 6. The topological polar surface area (TPSA) is 21.3 Å². The predicted octanol–water partition coefficient (Wildman–Crippen LogP) is 2.16. The lowest BCUT2D eigenvalue weighted by atomic mass is 10.0. The van der Waals surface area contributed by atoms with Crippen LogP contribution in [0, 0.1) is 6.92 Å². The first-order valence-electron chi connectivity index (χ1n) is 5.48. The van der Waals surface area contributed by atoms with Gasteiger partial charge in [-0.2, -0.15) is 0 Å². The molecule has 15 heavy (non-hydrogen) atoms. The number of ether oxygens (including phenoxy) is 1. The van der Waals surface area contributed by atoms with E-state index in [1.54, 1.807) is 7.11 Å². The summed E-state index contributed by atoms with van der Waals surface area (Å²) in [5.41, 5.74) is 2.74. The van der Waals surface area contributed by atoms with Crippen LogP contribution in [0.4, 0.5) is 0 Å². The van der Waals surface area contributed by atoms with Crippen LogP contribution in [0.25, 0.3) is 0 Å². The van der Waals surface area contributed by atoms with Crippen LogP contribution in [-0.2, 0) is 11.2 Å². The number of methoxy groups -OCH3 is 1. The van der Waals surface area contributed by atoms with Gasteiger partial charge in [-0.3, -0.25) is 0 Å². The zero-order valence-electron chi connectivity index (χ0n) is 9.92. The van der Waals surface area contributed by atoms with E-state index in [1.165, 1.54) is 11.1 Å². The van der Waals surface area contributed by atoms with Crippen molar-refractivity contribution in [3.05, 3.63) is 35.4 Å². The lowest BCUT2D eigenvalue weighted by Crippen LogP contribution is -2.30. The first kappa shape index (κ1) is 12.2. The van der Waals surface area contributed by atoms with Gasteiger partial charge in [0.15, 0.2) is 0 Å². The Morgan fingerprint density at radius 1 is 1.40 bits per heavy atom. The summed E-state index contributed by atoms with van der Waals surface area (Å²) in [6, 6.07) is 9.14. The Morgan fingerprint density at radius 3 is 2.80 bits per heavy atom. The monoisotopic (exact) mass is 207 g/mol. The van der Waals surface area contributed by atoms with Gasteiger partial charge in [-0.05, 0) is 32.4 Å². The van der Waals surface area contributed by atoms with Crippen LogP contribution in [0.2, 0.25) is 0 Å². The van der Waals surface area contributed by atoms with Crippen molar-refractivity contribution < 1.29 is 4.74 Å². The van der Waals surface area contributed by atoms with Crippen LogP contribution in [-0.4, -0.2) is 26.8 Å². The maximum absolute atomic E-state index is 5.14. The standard InChI is InChI=1S/C13H21NO/c1-11-5-4-6-12(9-11)7-8-13(14-2)10-15-3/h4-6,9,13-14H,7-8,10H2,1-3H3. The molecule has 0 amide bonds. The average molecular weight is 207 g/mol. The minimum Gasteiger partial charge on any atom is -0.383 e. The fraction of sp³-hybridized carbons (Fsp3) is 0.538. The minimum absolute atomic E-state index is 0.454. The summed E-state index contributed by atoms with van der Waals surface area (Å²) >= 11 is 0. The van der Waals surface area contributed by atoms with Gasteiger partial charge in [0.05, 0.1) is 6.61 Å². The third-order valence-electron chi connectivity index (χ3n) is 2.64. The van der Waals surface area contributed by atoms with E-state index in [9.17, 15) is 0 Å². The minimum atomic E-state index is 0.454. The van der Waals surface area contributed by atoms with Crippen molar-refractivity contribution in [2.24, 2.45) is 0 Å². The fourth-order valence-corrected chi connectivity index (χ4v) is 1.72. The van der Waals surface area contributed by atoms with Gasteiger partial charge >= 0.3 is 0 Å². The summed E-state index contributed by atoms with van der Waals surface area (Å²) in [6.07, 6.45) is 2.23. The molecule has 1 aromatic carbocycles. The summed E-state index contributed by atoms with van der Waals surface area (Å²) in [4.78, 5) is 0. The lowest BCUT2D eigenvalue weighted by Gasteiger charge is -2.14. The van der Waals surface area contributed by atoms with Crippen LogP contribution in [0.5, 0.6) is 0 Å². The van der Waals surface area contributed by atoms with Gasteiger partial charge in [0.1, 0.15) is 0 Å². The van der Waals surface area contributed by atoms with Crippen molar-refractivity contribution in [1.82, 2.24) is 5.32 Å². The quantitative estimate of drug-likeness (QED) is 0.772. The maximum Gasteiger partial charge on any atom is 0.0615 e. The van der Waals surface area contributed by atoms with Crippen molar-refractivity contribution in [3.8, 4) is 0 Å². The van der Waals surface area contributed by atoms with Gasteiger partial charge < -0.3 is 10.1 Å². The molecule has 0 saturated carbocycles. The molecule has 1 aromatic rings. The van der Waals surface area contributed by atoms with Crippen molar-refractivity contribution >= 4 is 0 Å². The first-order valence-corrected chi connectivity index (χ1v) is 5.48. The van der Waals surface area contributed by atoms with Crippen LogP contribution in [0.15, 0.2) is 24.3 Å². The van der Waals surface area contributed by atoms with Gasteiger partial charge in [-0.25, -0.2) is 0 Å². The molecule has 84 valence electrons. The molecule has 0 aromatic heterocycles. The van der Waals surface area contributed by atoms with Crippen LogP contribution in [0.3, 0.4) is 0 Å². The Balaban J connectivity index is 2.41. The molecule has 0 fully saturated rings. The Hall–Kier alpha value is -0.860. The molecule has 0 aliphatic rings. The largest absolute Gasteiger partial charge is 0.383 e. The molecule has 2 heteroatoms. The third-order valence-corrected chi connectivity index (χ3v) is 2.64. The number of benzene rings is 1. The van der Waals surface area contributed by atoms with Gasteiger partial charge in [0.25, 0.3) is 0 Å². The summed E-state index contributed by atoms with van der Waals surface area (Å²) in [5, 5.41) is 3.26. The van der Waals surface area contributed by atoms with Gasteiger partial charge in [0, 0.05) is 13.2 Å². The number of nitrogens with one attached hydrogen (secondary N) is 1. The van der Waals surface area contributed by atoms with E-state index in [2.05, 4.69) is 36.5 Å². The highest BCUT2D eigenvalue weighted by Gasteiger charge is 2.05. The molecule has 0 aliphatic heterocycles. The number of aryl methyl sites for hydroxylation is 2. The van der Waals surface area contributed by atoms with E-state index in [4.69, 9.17) is 4.74 Å². The molecular weight excluding hydrogens is 186 g/mol. The molecule has 1 atom stereocenters. The molecule has 0 aliphatic carbocycles. The summed E-state index contributed by atoms with van der Waals surface area (Å²) in [7, 11) is 3.73. The Bertz CT molecular complexity index is 286. The molecule has 0 saturated heterocycles. The highest BCUT2D eigenvalue weighted by molar-refractivity contribution is 5.22. The van der Waals surface area contributed by atoms with Gasteiger partial charge in [-0.15, -0.1) is 0 Å². The number of hydrogen-bond acceptors (Lipinski definition) is 2. The summed E-state index contributed by atoms with van der Waals surface area (Å²) in [6.45, 7) is 2.91. The Labute approximate surface area is 92.6 Å². The van der Waals surface area contributed by atoms with Crippen LogP contribution < -0.4 is 5.32 Å². The second kappa shape index (κ2) is 6.59. The van der Waals surface area contributed by atoms with E-state index >= 15 is 0 Å². The fourth-order valence-electron chi connectivity index (χ4n) is 1.72. The Kier molecular flexibility index (Phi) is 5.37. The molecule has 2 nitrogen and oxygen atoms in total. The van der Waals surface area contributed by atoms with Gasteiger partial charge in [0.2, 0.25) is 0 Å². The molecule has 0 heterocycles. The molecule has 0 spiro atoms. The molecule has 1 unspecified atom stereocenters. The van der Waals surface area contributed by atoms with Crippen molar-refractivity contribution in [1.29, 1.82) is 0 Å². The zero-order valence-corrected chi connectivity index (χ0v) is 9.92. The SMILES string of the molecule is CNC(CCc1cccc(C)c1)COC. The zero-order chi connectivity index (χ0) is 11.1. The number of likely N-dealkylation sites (N-methyl/N-ethyl adjacent to an activating group) is 1. The van der Waals surface area contributed by atoms with Crippen molar-refractivity contribution in [2.45, 2.75) is 25.8 Å². The third kappa shape index (κ3) is 4.45. The molecule has 0 bridgehead atoms. The Morgan fingerprint density at radius 2 is 2.20 bits per heavy atom. The van der Waals surface area contributed by atoms with E-state index in [0.717, 1.165) is 19.4 Å². The van der Waals surface area contributed by atoms with Crippen LogP contribution in [0.1, 0.15) is 17.5 Å². The highest BCUT2D eigenvalue weighted by Crippen LogP contribution is 2.08. The van der Waals surface area contributed by atoms with E-state index < -0.39 is 0 Å². The second-order valence-electron chi connectivity index (χ2n) is 3.97. The smallest absolute Gasteiger partial charge is 0.0615 e. The molecule has 0 radical (unpaired) electrons. The second-order valence-corrected chi connectivity index (χ2v) is 3.97. The van der Waals surface area contributed by atoms with E-state index in [0.29, 0.717) is 6.04 Å². The highest BCUT2D eigenvalue weighted by atomic mass is 16.5. The van der Waals surface area contributed by atoms with Crippen molar-refractivity contribution in [3.63, 3.8) is 0 Å². The molecule has 1 rings (SSSR count). The maximum atomic E-state index is 5.14. The summed E-state index contributed by atoms with van der Waals surface area (Å²) in [5.74, 6) is 0. The molecule has 1 N–H and O–H groups in total. The average Bonchev–Trinajstić information content (AvgIpc) is 2.24. The van der Waals surface area contributed by atoms with E-state index in [1.807, 2.05) is 7.05 Å². The van der Waals surface area contributed by atoms with Crippen LogP contribution >= 0.6 is 0 Å². The molecular formula is C13H21NO. The lowest BCUT2D eigenvalue weighted by molar-refractivity contribution is 0.166. The van der Waals surface area contributed by atoms with Crippen molar-refractivity contribution in [2.75, 3.05) is 20.8 Å². The predicted molar refractivity (Wildman–Crippen MR) is 64.2 cm³/mol.